The number of nitrogens with zero attached hydrogens (tertiary/aromatic N) is 1. The van der Waals surface area contributed by atoms with Crippen LogP contribution in [0.5, 0.6) is 5.75 Å². The molecule has 0 aromatic heterocycles. The largest absolute Gasteiger partial charge is 0.491 e. The third-order valence-corrected chi connectivity index (χ3v) is 4.20. The van der Waals surface area contributed by atoms with Crippen molar-refractivity contribution in [1.82, 2.24) is 4.90 Å². The fourth-order valence-electron chi connectivity index (χ4n) is 3.02. The van der Waals surface area contributed by atoms with Gasteiger partial charge >= 0.3 is 0 Å². The lowest BCUT2D eigenvalue weighted by atomic mass is 9.92. The van der Waals surface area contributed by atoms with Crippen LogP contribution in [0.15, 0.2) is 28.7 Å². The molecule has 3 nitrogen and oxygen atoms in total. The first-order valence-electron chi connectivity index (χ1n) is 7.31. The lowest BCUT2D eigenvalue weighted by molar-refractivity contribution is 0.0429. The van der Waals surface area contributed by atoms with E-state index in [1.54, 1.807) is 0 Å². The number of hydrogen-bond acceptors (Lipinski definition) is 3. The highest BCUT2D eigenvalue weighted by atomic mass is 79.9. The van der Waals surface area contributed by atoms with Crippen LogP contribution in [0.3, 0.4) is 0 Å². The average Bonchev–Trinajstić information content (AvgIpc) is 2.37. The Morgan fingerprint density at radius 3 is 2.45 bits per heavy atom. The van der Waals surface area contributed by atoms with Crippen LogP contribution in [0.4, 0.5) is 0 Å². The molecule has 1 aliphatic heterocycles. The Morgan fingerprint density at radius 1 is 1.25 bits per heavy atom. The summed E-state index contributed by atoms with van der Waals surface area (Å²) in [5.41, 5.74) is 0. The average molecular weight is 342 g/mol. The molecule has 0 radical (unpaired) electrons. The van der Waals surface area contributed by atoms with E-state index in [0.717, 1.165) is 35.1 Å². The van der Waals surface area contributed by atoms with E-state index in [-0.39, 0.29) is 0 Å². The number of aliphatic hydroxyl groups excluding tert-OH is 1. The summed E-state index contributed by atoms with van der Waals surface area (Å²) in [6.07, 6.45) is 0.860. The minimum atomic E-state index is -0.434. The molecular formula is C16H24BrNO2. The fourth-order valence-corrected chi connectivity index (χ4v) is 3.28. The minimum absolute atomic E-state index is 0.348. The van der Waals surface area contributed by atoms with Crippen LogP contribution in [-0.2, 0) is 0 Å². The number of aliphatic hydroxyl groups is 1. The monoisotopic (exact) mass is 341 g/mol. The summed E-state index contributed by atoms with van der Waals surface area (Å²) in [5, 5.41) is 10.1. The topological polar surface area (TPSA) is 32.7 Å². The van der Waals surface area contributed by atoms with Crippen LogP contribution < -0.4 is 4.74 Å². The van der Waals surface area contributed by atoms with Crippen LogP contribution >= 0.6 is 15.9 Å². The molecule has 3 unspecified atom stereocenters. The highest BCUT2D eigenvalue weighted by Gasteiger charge is 2.23. The smallest absolute Gasteiger partial charge is 0.119 e. The Hall–Kier alpha value is -0.580. The first-order valence-corrected chi connectivity index (χ1v) is 8.11. The third-order valence-electron chi connectivity index (χ3n) is 3.67. The number of β-amino-alcohol motifs (C(OH)–C–C–N with tert-alkyl or cyclic N) is 1. The van der Waals surface area contributed by atoms with Gasteiger partial charge in [-0.3, -0.25) is 0 Å². The molecule has 20 heavy (non-hydrogen) atoms. The Morgan fingerprint density at radius 2 is 1.85 bits per heavy atom. The maximum absolute atomic E-state index is 10.1. The Balaban J connectivity index is 1.74. The number of hydrogen-bond donors (Lipinski definition) is 1. The van der Waals surface area contributed by atoms with Gasteiger partial charge in [0.25, 0.3) is 0 Å². The molecule has 3 atom stereocenters. The second kappa shape index (κ2) is 7.43. The van der Waals surface area contributed by atoms with Crippen LogP contribution in [0.25, 0.3) is 0 Å². The van der Waals surface area contributed by atoms with Gasteiger partial charge in [0, 0.05) is 24.1 Å². The zero-order chi connectivity index (χ0) is 14.5. The van der Waals surface area contributed by atoms with Gasteiger partial charge < -0.3 is 14.7 Å². The van der Waals surface area contributed by atoms with E-state index < -0.39 is 6.10 Å². The van der Waals surface area contributed by atoms with Crippen molar-refractivity contribution in [2.75, 3.05) is 26.2 Å². The summed E-state index contributed by atoms with van der Waals surface area (Å²) in [7, 11) is 0. The summed E-state index contributed by atoms with van der Waals surface area (Å²) in [6.45, 7) is 7.78. The zero-order valence-electron chi connectivity index (χ0n) is 12.3. The number of likely N-dealkylation sites (tertiary alicyclic amines) is 1. The van der Waals surface area contributed by atoms with Crippen molar-refractivity contribution >= 4 is 15.9 Å². The molecule has 1 aliphatic rings. The quantitative estimate of drug-likeness (QED) is 0.892. The molecule has 1 aromatic rings. The van der Waals surface area contributed by atoms with E-state index in [1.165, 1.54) is 6.42 Å². The van der Waals surface area contributed by atoms with E-state index >= 15 is 0 Å². The van der Waals surface area contributed by atoms with Crippen LogP contribution in [0, 0.1) is 11.8 Å². The zero-order valence-corrected chi connectivity index (χ0v) is 13.8. The first-order chi connectivity index (χ1) is 9.52. The summed E-state index contributed by atoms with van der Waals surface area (Å²) in [5.74, 6) is 2.24. The molecule has 1 aromatic carbocycles. The predicted octanol–water partition coefficient (Wildman–Crippen LogP) is 3.17. The van der Waals surface area contributed by atoms with Gasteiger partial charge in [-0.2, -0.15) is 0 Å². The van der Waals surface area contributed by atoms with Crippen molar-refractivity contribution in [3.8, 4) is 5.75 Å². The third kappa shape index (κ3) is 5.08. The van der Waals surface area contributed by atoms with E-state index in [2.05, 4.69) is 34.7 Å². The highest BCUT2D eigenvalue weighted by Crippen LogP contribution is 2.21. The Kier molecular flexibility index (Phi) is 5.87. The minimum Gasteiger partial charge on any atom is -0.491 e. The number of benzene rings is 1. The molecule has 0 bridgehead atoms. The number of ether oxygens (including phenoxy) is 1. The van der Waals surface area contributed by atoms with E-state index in [4.69, 9.17) is 4.74 Å². The van der Waals surface area contributed by atoms with E-state index in [9.17, 15) is 5.11 Å². The Bertz CT molecular complexity index is 399. The fraction of sp³-hybridized carbons (Fsp3) is 0.625. The van der Waals surface area contributed by atoms with Crippen LogP contribution in [0.1, 0.15) is 20.3 Å². The summed E-state index contributed by atoms with van der Waals surface area (Å²) >= 11 is 3.39. The molecule has 0 saturated carbocycles. The van der Waals surface area contributed by atoms with Gasteiger partial charge in [-0.1, -0.05) is 29.8 Å². The van der Waals surface area contributed by atoms with Crippen molar-refractivity contribution < 1.29 is 9.84 Å². The van der Waals surface area contributed by atoms with Crippen molar-refractivity contribution in [3.05, 3.63) is 28.7 Å². The molecule has 1 N–H and O–H groups in total. The number of rotatable bonds is 5. The molecule has 0 spiro atoms. The highest BCUT2D eigenvalue weighted by molar-refractivity contribution is 9.10. The molecule has 1 fully saturated rings. The van der Waals surface area contributed by atoms with Crippen molar-refractivity contribution in [2.45, 2.75) is 26.4 Å². The summed E-state index contributed by atoms with van der Waals surface area (Å²) in [6, 6.07) is 7.69. The molecule has 1 saturated heterocycles. The summed E-state index contributed by atoms with van der Waals surface area (Å²) in [4.78, 5) is 2.36. The lowest BCUT2D eigenvalue weighted by Crippen LogP contribution is -2.43. The number of halogens is 1. The molecule has 1 heterocycles. The molecule has 4 heteroatoms. The maximum atomic E-state index is 10.1. The molecular weight excluding hydrogens is 318 g/mol. The standard InChI is InChI=1S/C16H24BrNO2/c1-12-7-13(2)9-18(8-12)10-15(19)11-20-16-5-3-14(17)4-6-16/h3-6,12-13,15,19H,7-11H2,1-2H3. The normalized spacial score (nSPS) is 25.4. The lowest BCUT2D eigenvalue weighted by Gasteiger charge is -2.35. The molecule has 2 rings (SSSR count). The SMILES string of the molecule is CC1CC(C)CN(CC(O)COc2ccc(Br)cc2)C1. The molecule has 112 valence electrons. The van der Waals surface area contributed by atoms with Gasteiger partial charge in [-0.15, -0.1) is 0 Å². The van der Waals surface area contributed by atoms with E-state index in [1.807, 2.05) is 24.3 Å². The Labute approximate surface area is 130 Å². The van der Waals surface area contributed by atoms with Gasteiger partial charge in [0.05, 0.1) is 0 Å². The van der Waals surface area contributed by atoms with Crippen molar-refractivity contribution in [3.63, 3.8) is 0 Å². The second-order valence-corrected chi connectivity index (χ2v) is 7.00. The van der Waals surface area contributed by atoms with Gasteiger partial charge in [0.15, 0.2) is 0 Å². The maximum Gasteiger partial charge on any atom is 0.119 e. The van der Waals surface area contributed by atoms with Gasteiger partial charge in [-0.05, 0) is 42.5 Å². The van der Waals surface area contributed by atoms with E-state index in [0.29, 0.717) is 13.2 Å². The number of piperidine rings is 1. The van der Waals surface area contributed by atoms with Gasteiger partial charge in [0.2, 0.25) is 0 Å². The molecule has 0 amide bonds. The van der Waals surface area contributed by atoms with Crippen LogP contribution in [0.2, 0.25) is 0 Å². The summed E-state index contributed by atoms with van der Waals surface area (Å²) < 4.78 is 6.65. The first kappa shape index (κ1) is 15.8. The van der Waals surface area contributed by atoms with Crippen molar-refractivity contribution in [1.29, 1.82) is 0 Å². The molecule has 0 aliphatic carbocycles. The van der Waals surface area contributed by atoms with Gasteiger partial charge in [-0.25, -0.2) is 0 Å². The van der Waals surface area contributed by atoms with Gasteiger partial charge in [0.1, 0.15) is 18.5 Å². The predicted molar refractivity (Wildman–Crippen MR) is 85.0 cm³/mol. The van der Waals surface area contributed by atoms with Crippen LogP contribution in [-0.4, -0.2) is 42.4 Å². The van der Waals surface area contributed by atoms with Crippen molar-refractivity contribution in [2.24, 2.45) is 11.8 Å². The second-order valence-electron chi connectivity index (χ2n) is 6.08.